The monoisotopic (exact) mass is 308 g/mol. The van der Waals surface area contributed by atoms with E-state index in [0.29, 0.717) is 5.92 Å². The van der Waals surface area contributed by atoms with Gasteiger partial charge in [0.25, 0.3) is 0 Å². The molecule has 0 bridgehead atoms. The maximum atomic E-state index is 12.0. The Bertz CT molecular complexity index is 485. The van der Waals surface area contributed by atoms with E-state index in [9.17, 15) is 4.79 Å². The number of aryl methyl sites for hydroxylation is 1. The molecule has 124 valence electrons. The maximum absolute atomic E-state index is 12.0. The fourth-order valence-corrected chi connectivity index (χ4v) is 2.54. The molecule has 1 aliphatic heterocycles. The SMILES string of the molecule is CCn1cc(NCC2CCN(C(=O)OC(C)(C)C)CC2)cn1. The van der Waals surface area contributed by atoms with Crippen LogP contribution in [0.1, 0.15) is 40.5 Å². The third-order valence-corrected chi connectivity index (χ3v) is 3.82. The van der Waals surface area contributed by atoms with E-state index in [2.05, 4.69) is 17.3 Å². The van der Waals surface area contributed by atoms with Crippen molar-refractivity contribution in [3.8, 4) is 0 Å². The van der Waals surface area contributed by atoms with Gasteiger partial charge in [0.2, 0.25) is 0 Å². The molecule has 6 heteroatoms. The van der Waals surface area contributed by atoms with Gasteiger partial charge in [-0.15, -0.1) is 0 Å². The van der Waals surface area contributed by atoms with Crippen molar-refractivity contribution in [2.24, 2.45) is 5.92 Å². The standard InChI is InChI=1S/C16H28N4O2/c1-5-20-12-14(11-18-20)17-10-13-6-8-19(9-7-13)15(21)22-16(2,3)4/h11-13,17H,5-10H2,1-4H3. The lowest BCUT2D eigenvalue weighted by molar-refractivity contribution is 0.0188. The molecule has 1 N–H and O–H groups in total. The maximum Gasteiger partial charge on any atom is 0.410 e. The molecule has 2 heterocycles. The van der Waals surface area contributed by atoms with Gasteiger partial charge in [0.05, 0.1) is 11.9 Å². The average Bonchev–Trinajstić information content (AvgIpc) is 2.92. The summed E-state index contributed by atoms with van der Waals surface area (Å²) in [4.78, 5) is 13.8. The fourth-order valence-electron chi connectivity index (χ4n) is 2.54. The molecule has 0 aliphatic carbocycles. The van der Waals surface area contributed by atoms with Crippen molar-refractivity contribution in [1.29, 1.82) is 0 Å². The minimum atomic E-state index is -0.422. The number of nitrogens with one attached hydrogen (secondary N) is 1. The molecule has 1 fully saturated rings. The number of aromatic nitrogens is 2. The van der Waals surface area contributed by atoms with Crippen LogP contribution in [0.25, 0.3) is 0 Å². The fraction of sp³-hybridized carbons (Fsp3) is 0.750. The van der Waals surface area contributed by atoms with E-state index in [1.165, 1.54) is 0 Å². The molecule has 0 aromatic carbocycles. The van der Waals surface area contributed by atoms with Crippen LogP contribution in [0.5, 0.6) is 0 Å². The van der Waals surface area contributed by atoms with E-state index in [1.54, 1.807) is 0 Å². The van der Waals surface area contributed by atoms with E-state index < -0.39 is 5.60 Å². The Hall–Kier alpha value is -1.72. The first-order valence-electron chi connectivity index (χ1n) is 8.11. The molecule has 0 spiro atoms. The van der Waals surface area contributed by atoms with Crippen molar-refractivity contribution >= 4 is 11.8 Å². The summed E-state index contributed by atoms with van der Waals surface area (Å²) in [7, 11) is 0. The van der Waals surface area contributed by atoms with Crippen LogP contribution in [-0.4, -0.2) is 46.0 Å². The summed E-state index contributed by atoms with van der Waals surface area (Å²) >= 11 is 0. The Morgan fingerprint density at radius 2 is 2.09 bits per heavy atom. The van der Waals surface area contributed by atoms with Gasteiger partial charge >= 0.3 is 6.09 Å². The van der Waals surface area contributed by atoms with Crippen LogP contribution in [0.15, 0.2) is 12.4 Å². The van der Waals surface area contributed by atoms with Gasteiger partial charge in [0.1, 0.15) is 5.60 Å². The number of rotatable bonds is 4. The molecule has 1 aromatic heterocycles. The number of anilines is 1. The normalized spacial score (nSPS) is 16.6. The second-order valence-electron chi connectivity index (χ2n) is 6.88. The van der Waals surface area contributed by atoms with Gasteiger partial charge in [-0.1, -0.05) is 0 Å². The first-order chi connectivity index (χ1) is 10.4. The highest BCUT2D eigenvalue weighted by Crippen LogP contribution is 2.20. The number of amides is 1. The van der Waals surface area contributed by atoms with Crippen LogP contribution < -0.4 is 5.32 Å². The highest BCUT2D eigenvalue weighted by atomic mass is 16.6. The first kappa shape index (κ1) is 16.6. The number of likely N-dealkylation sites (tertiary alicyclic amines) is 1. The molecule has 1 aromatic rings. The van der Waals surface area contributed by atoms with Crippen molar-refractivity contribution in [2.75, 3.05) is 25.0 Å². The van der Waals surface area contributed by atoms with Gasteiger partial charge in [-0.2, -0.15) is 5.10 Å². The number of hydrogen-bond acceptors (Lipinski definition) is 4. The molecule has 0 atom stereocenters. The van der Waals surface area contributed by atoms with Crippen LogP contribution in [0.2, 0.25) is 0 Å². The number of ether oxygens (including phenoxy) is 1. The highest BCUT2D eigenvalue weighted by molar-refractivity contribution is 5.68. The molecule has 22 heavy (non-hydrogen) atoms. The summed E-state index contributed by atoms with van der Waals surface area (Å²) in [6.45, 7) is 11.1. The third kappa shape index (κ3) is 4.93. The van der Waals surface area contributed by atoms with E-state index in [0.717, 1.165) is 44.7 Å². The molecule has 0 saturated carbocycles. The molecule has 1 saturated heterocycles. The second kappa shape index (κ2) is 7.03. The van der Waals surface area contributed by atoms with Crippen LogP contribution in [0, 0.1) is 5.92 Å². The number of carbonyl (C=O) groups is 1. The van der Waals surface area contributed by atoms with Gasteiger partial charge in [0, 0.05) is 32.4 Å². The Morgan fingerprint density at radius 3 is 2.64 bits per heavy atom. The summed E-state index contributed by atoms with van der Waals surface area (Å²) in [6.07, 6.45) is 5.71. The summed E-state index contributed by atoms with van der Waals surface area (Å²) in [5.74, 6) is 0.587. The molecule has 0 radical (unpaired) electrons. The van der Waals surface area contributed by atoms with Gasteiger partial charge in [-0.05, 0) is 46.5 Å². The molecule has 1 amide bonds. The zero-order valence-electron chi connectivity index (χ0n) is 14.1. The number of piperidine rings is 1. The summed E-state index contributed by atoms with van der Waals surface area (Å²) in [5.41, 5.74) is 0.644. The average molecular weight is 308 g/mol. The van der Waals surface area contributed by atoms with Crippen LogP contribution >= 0.6 is 0 Å². The predicted octanol–water partition coefficient (Wildman–Crippen LogP) is 2.96. The molecular weight excluding hydrogens is 280 g/mol. The molecule has 2 rings (SSSR count). The zero-order valence-corrected chi connectivity index (χ0v) is 14.1. The molecular formula is C16H28N4O2. The summed E-state index contributed by atoms with van der Waals surface area (Å²) in [6, 6.07) is 0. The van der Waals surface area contributed by atoms with E-state index in [4.69, 9.17) is 4.74 Å². The van der Waals surface area contributed by atoms with E-state index in [1.807, 2.05) is 42.7 Å². The highest BCUT2D eigenvalue weighted by Gasteiger charge is 2.26. The third-order valence-electron chi connectivity index (χ3n) is 3.82. The number of carbonyl (C=O) groups excluding carboxylic acids is 1. The summed E-state index contributed by atoms with van der Waals surface area (Å²) < 4.78 is 7.33. The van der Waals surface area contributed by atoms with Crippen molar-refractivity contribution < 1.29 is 9.53 Å². The second-order valence-corrected chi connectivity index (χ2v) is 6.88. The Balaban J connectivity index is 1.72. The van der Waals surface area contributed by atoms with Gasteiger partial charge < -0.3 is 15.0 Å². The lowest BCUT2D eigenvalue weighted by atomic mass is 9.97. The van der Waals surface area contributed by atoms with Gasteiger partial charge in [-0.3, -0.25) is 4.68 Å². The lowest BCUT2D eigenvalue weighted by Gasteiger charge is -2.33. The Morgan fingerprint density at radius 1 is 1.41 bits per heavy atom. The van der Waals surface area contributed by atoms with Crippen molar-refractivity contribution in [1.82, 2.24) is 14.7 Å². The van der Waals surface area contributed by atoms with E-state index >= 15 is 0 Å². The number of hydrogen-bond donors (Lipinski definition) is 1. The predicted molar refractivity (Wildman–Crippen MR) is 86.9 cm³/mol. The topological polar surface area (TPSA) is 59.4 Å². The minimum Gasteiger partial charge on any atom is -0.444 e. The van der Waals surface area contributed by atoms with Crippen LogP contribution in [-0.2, 0) is 11.3 Å². The quantitative estimate of drug-likeness (QED) is 0.929. The molecule has 0 unspecified atom stereocenters. The van der Waals surface area contributed by atoms with Crippen LogP contribution in [0.3, 0.4) is 0 Å². The molecule has 1 aliphatic rings. The molecule has 6 nitrogen and oxygen atoms in total. The Labute approximate surface area is 132 Å². The van der Waals surface area contributed by atoms with Gasteiger partial charge in [-0.25, -0.2) is 4.79 Å². The van der Waals surface area contributed by atoms with Gasteiger partial charge in [0.15, 0.2) is 0 Å². The Kier molecular flexibility index (Phi) is 5.32. The first-order valence-corrected chi connectivity index (χ1v) is 8.11. The zero-order chi connectivity index (χ0) is 16.2. The van der Waals surface area contributed by atoms with E-state index in [-0.39, 0.29) is 6.09 Å². The van der Waals surface area contributed by atoms with Crippen molar-refractivity contribution in [3.63, 3.8) is 0 Å². The van der Waals surface area contributed by atoms with Crippen molar-refractivity contribution in [3.05, 3.63) is 12.4 Å². The lowest BCUT2D eigenvalue weighted by Crippen LogP contribution is -2.42. The van der Waals surface area contributed by atoms with Crippen molar-refractivity contribution in [2.45, 2.75) is 52.7 Å². The summed E-state index contributed by atoms with van der Waals surface area (Å²) in [5, 5.41) is 7.69. The van der Waals surface area contributed by atoms with Crippen LogP contribution in [0.4, 0.5) is 10.5 Å². The smallest absolute Gasteiger partial charge is 0.410 e. The minimum absolute atomic E-state index is 0.192. The number of nitrogens with zero attached hydrogens (tertiary/aromatic N) is 3. The largest absolute Gasteiger partial charge is 0.444 e.